The van der Waals surface area contributed by atoms with E-state index < -0.39 is 11.8 Å². The Morgan fingerprint density at radius 3 is 2.39 bits per heavy atom. The van der Waals surface area contributed by atoms with Gasteiger partial charge in [0.15, 0.2) is 18.1 Å². The fourth-order valence-electron chi connectivity index (χ4n) is 2.81. The van der Waals surface area contributed by atoms with Crippen LogP contribution in [0, 0.1) is 0 Å². The van der Waals surface area contributed by atoms with Gasteiger partial charge in [0.25, 0.3) is 5.91 Å². The molecule has 3 rings (SSSR count). The lowest BCUT2D eigenvalue weighted by molar-refractivity contribution is -0.136. The number of ether oxygens (including phenoxy) is 2. The second-order valence-corrected chi connectivity index (χ2v) is 8.18. The lowest BCUT2D eigenvalue weighted by Crippen LogP contribution is -2.32. The van der Waals surface area contributed by atoms with E-state index in [1.165, 1.54) is 31.5 Å². The molecule has 3 aromatic rings. The Bertz CT molecular complexity index is 1300. The van der Waals surface area contributed by atoms with Crippen molar-refractivity contribution in [3.8, 4) is 11.5 Å². The van der Waals surface area contributed by atoms with E-state index in [0.717, 1.165) is 0 Å². The van der Waals surface area contributed by atoms with E-state index in [-0.39, 0.29) is 44.8 Å². The molecule has 0 radical (unpaired) electrons. The van der Waals surface area contributed by atoms with Gasteiger partial charge in [-0.15, -0.1) is 0 Å². The number of hydrogen-bond acceptors (Lipinski definition) is 6. The highest BCUT2D eigenvalue weighted by atomic mass is 35.5. The van der Waals surface area contributed by atoms with Crippen molar-refractivity contribution in [2.24, 2.45) is 5.10 Å². The van der Waals surface area contributed by atoms with Crippen LogP contribution in [0.3, 0.4) is 0 Å². The van der Waals surface area contributed by atoms with Crippen LogP contribution < -0.4 is 25.5 Å². The van der Waals surface area contributed by atoms with Crippen LogP contribution in [0.15, 0.2) is 65.8 Å². The molecule has 3 amide bonds. The molecule has 36 heavy (non-hydrogen) atoms. The quantitative estimate of drug-likeness (QED) is 0.213. The molecule has 12 heteroatoms. The summed E-state index contributed by atoms with van der Waals surface area (Å²) in [6, 6.07) is 16.5. The first-order valence-corrected chi connectivity index (χ1v) is 11.4. The van der Waals surface area contributed by atoms with Gasteiger partial charge in [-0.05, 0) is 42.0 Å². The minimum atomic E-state index is -1.04. The number of halogens is 3. The van der Waals surface area contributed by atoms with Crippen LogP contribution in [0.1, 0.15) is 5.56 Å². The normalized spacial score (nSPS) is 10.6. The summed E-state index contributed by atoms with van der Waals surface area (Å²) >= 11 is 18.2. The van der Waals surface area contributed by atoms with E-state index in [4.69, 9.17) is 44.3 Å². The molecular formula is C24H19Cl3N4O5. The Morgan fingerprint density at radius 1 is 0.917 bits per heavy atom. The average Bonchev–Trinajstić information content (AvgIpc) is 2.86. The number of benzene rings is 3. The third kappa shape index (κ3) is 7.35. The van der Waals surface area contributed by atoms with Crippen LogP contribution >= 0.6 is 34.8 Å². The lowest BCUT2D eigenvalue weighted by atomic mass is 10.2. The molecule has 9 nitrogen and oxygen atoms in total. The van der Waals surface area contributed by atoms with Gasteiger partial charge >= 0.3 is 11.8 Å². The molecule has 0 bridgehead atoms. The number of methoxy groups -OCH3 is 1. The maximum atomic E-state index is 12.1. The van der Waals surface area contributed by atoms with Crippen LogP contribution in [-0.2, 0) is 14.4 Å². The summed E-state index contributed by atoms with van der Waals surface area (Å²) < 4.78 is 10.8. The molecule has 0 aromatic heterocycles. The molecule has 0 heterocycles. The first kappa shape index (κ1) is 26.8. The van der Waals surface area contributed by atoms with Crippen molar-refractivity contribution in [1.82, 2.24) is 5.43 Å². The number of para-hydroxylation sites is 1. The summed E-state index contributed by atoms with van der Waals surface area (Å²) in [6.45, 7) is -0.305. The lowest BCUT2D eigenvalue weighted by Gasteiger charge is -2.13. The van der Waals surface area contributed by atoms with Crippen LogP contribution in [0.2, 0.25) is 15.1 Å². The molecule has 3 N–H and O–H groups in total. The van der Waals surface area contributed by atoms with Gasteiger partial charge in [-0.3, -0.25) is 14.4 Å². The fraction of sp³-hybridized carbons (Fsp3) is 0.0833. The topological polar surface area (TPSA) is 118 Å². The first-order chi connectivity index (χ1) is 17.3. The van der Waals surface area contributed by atoms with Gasteiger partial charge in [0.1, 0.15) is 0 Å². The van der Waals surface area contributed by atoms with Crippen molar-refractivity contribution < 1.29 is 23.9 Å². The molecule has 0 aliphatic carbocycles. The second kappa shape index (κ2) is 12.8. The smallest absolute Gasteiger partial charge is 0.329 e. The zero-order chi connectivity index (χ0) is 26.1. The monoisotopic (exact) mass is 548 g/mol. The zero-order valence-electron chi connectivity index (χ0n) is 18.7. The number of hydrogen-bond donors (Lipinski definition) is 3. The fourth-order valence-corrected chi connectivity index (χ4v) is 3.43. The van der Waals surface area contributed by atoms with E-state index in [9.17, 15) is 14.4 Å². The van der Waals surface area contributed by atoms with E-state index in [1.807, 2.05) is 6.07 Å². The Hall–Kier alpha value is -3.79. The van der Waals surface area contributed by atoms with Gasteiger partial charge < -0.3 is 20.1 Å². The highest BCUT2D eigenvalue weighted by molar-refractivity contribution is 6.45. The summed E-state index contributed by atoms with van der Waals surface area (Å²) in [5.41, 5.74) is 3.33. The number of carbonyl (C=O) groups excluding carboxylic acids is 3. The van der Waals surface area contributed by atoms with E-state index >= 15 is 0 Å². The molecule has 0 saturated heterocycles. The standard InChI is InChI=1S/C24H19Cl3N4O5/c1-35-19-11-14(10-17(26)22(19)36-13-20(32)29-15-6-3-2-4-7-15)12-28-31-24(34)23(33)30-18-9-5-8-16(25)21(18)27/h2-12H,13H2,1H3,(H,29,32)(H,30,33)(H,31,34)/b28-12-. The predicted molar refractivity (Wildman–Crippen MR) is 139 cm³/mol. The summed E-state index contributed by atoms with van der Waals surface area (Å²) in [6.07, 6.45) is 1.25. The van der Waals surface area contributed by atoms with Gasteiger partial charge in [-0.1, -0.05) is 59.1 Å². The van der Waals surface area contributed by atoms with Crippen molar-refractivity contribution in [3.05, 3.63) is 81.3 Å². The number of rotatable bonds is 8. The highest BCUT2D eigenvalue weighted by Crippen LogP contribution is 2.36. The molecular weight excluding hydrogens is 531 g/mol. The number of anilines is 2. The molecule has 0 spiro atoms. The van der Waals surface area contributed by atoms with Crippen LogP contribution in [-0.4, -0.2) is 37.7 Å². The molecule has 186 valence electrons. The number of carbonyl (C=O) groups is 3. The van der Waals surface area contributed by atoms with Crippen molar-refractivity contribution in [1.29, 1.82) is 0 Å². The number of hydrazone groups is 1. The minimum Gasteiger partial charge on any atom is -0.493 e. The number of amides is 3. The Balaban J connectivity index is 1.59. The summed E-state index contributed by atoms with van der Waals surface area (Å²) in [5, 5.41) is 9.25. The Labute approximate surface area is 221 Å². The van der Waals surface area contributed by atoms with Crippen molar-refractivity contribution >= 4 is 70.1 Å². The van der Waals surface area contributed by atoms with Gasteiger partial charge in [0.2, 0.25) is 0 Å². The molecule has 0 unspecified atom stereocenters. The van der Waals surface area contributed by atoms with Gasteiger partial charge in [0.05, 0.1) is 34.1 Å². The maximum absolute atomic E-state index is 12.1. The van der Waals surface area contributed by atoms with Crippen LogP contribution in [0.25, 0.3) is 0 Å². The van der Waals surface area contributed by atoms with E-state index in [0.29, 0.717) is 11.3 Å². The Morgan fingerprint density at radius 2 is 1.67 bits per heavy atom. The van der Waals surface area contributed by atoms with E-state index in [1.54, 1.807) is 36.4 Å². The van der Waals surface area contributed by atoms with Crippen molar-refractivity contribution in [3.63, 3.8) is 0 Å². The molecule has 0 fully saturated rings. The highest BCUT2D eigenvalue weighted by Gasteiger charge is 2.16. The second-order valence-electron chi connectivity index (χ2n) is 6.99. The third-order valence-electron chi connectivity index (χ3n) is 4.44. The van der Waals surface area contributed by atoms with Gasteiger partial charge in [-0.25, -0.2) is 5.43 Å². The molecule has 0 aliphatic heterocycles. The molecule has 0 atom stereocenters. The Kier molecular flexibility index (Phi) is 9.52. The van der Waals surface area contributed by atoms with Crippen molar-refractivity contribution in [2.45, 2.75) is 0 Å². The first-order valence-electron chi connectivity index (χ1n) is 10.2. The largest absolute Gasteiger partial charge is 0.493 e. The number of nitrogens with zero attached hydrogens (tertiary/aromatic N) is 1. The SMILES string of the molecule is COc1cc(/C=N\NC(=O)C(=O)Nc2cccc(Cl)c2Cl)cc(Cl)c1OCC(=O)Nc1ccccc1. The molecule has 3 aromatic carbocycles. The number of nitrogens with one attached hydrogen (secondary N) is 3. The summed E-state index contributed by atoms with van der Waals surface area (Å²) in [4.78, 5) is 36.3. The predicted octanol–water partition coefficient (Wildman–Crippen LogP) is 4.76. The van der Waals surface area contributed by atoms with E-state index in [2.05, 4.69) is 21.2 Å². The summed E-state index contributed by atoms with van der Waals surface area (Å²) in [7, 11) is 1.40. The minimum absolute atomic E-state index is 0.102. The van der Waals surface area contributed by atoms with Crippen LogP contribution in [0.5, 0.6) is 11.5 Å². The zero-order valence-corrected chi connectivity index (χ0v) is 20.9. The van der Waals surface area contributed by atoms with Gasteiger partial charge in [0, 0.05) is 5.69 Å². The molecule has 0 saturated carbocycles. The van der Waals surface area contributed by atoms with Gasteiger partial charge in [-0.2, -0.15) is 5.10 Å². The average molecular weight is 550 g/mol. The maximum Gasteiger partial charge on any atom is 0.329 e. The van der Waals surface area contributed by atoms with Crippen LogP contribution in [0.4, 0.5) is 11.4 Å². The van der Waals surface area contributed by atoms with Crippen molar-refractivity contribution in [2.75, 3.05) is 24.4 Å². The summed E-state index contributed by atoms with van der Waals surface area (Å²) in [5.74, 6) is -2.03. The molecule has 0 aliphatic rings. The third-order valence-corrected chi connectivity index (χ3v) is 5.54.